The summed E-state index contributed by atoms with van der Waals surface area (Å²) in [6.45, 7) is 2.40. The molecule has 0 heterocycles. The van der Waals surface area contributed by atoms with Gasteiger partial charge in [-0.2, -0.15) is 0 Å². The average molecular weight is 351 g/mol. The van der Waals surface area contributed by atoms with Crippen molar-refractivity contribution in [3.63, 3.8) is 0 Å². The fourth-order valence-corrected chi connectivity index (χ4v) is 2.40. The van der Waals surface area contributed by atoms with Crippen LogP contribution in [0.4, 0.5) is 0 Å². The molecule has 0 bridgehead atoms. The lowest BCUT2D eigenvalue weighted by Crippen LogP contribution is -2.31. The smallest absolute Gasteiger partial charge is 0.251 e. The number of ether oxygens (including phenoxy) is 1. The molecule has 1 unspecified atom stereocenters. The third-order valence-corrected chi connectivity index (χ3v) is 2.99. The minimum atomic E-state index is -0.106. The van der Waals surface area contributed by atoms with Crippen LogP contribution in [-0.2, 0) is 4.74 Å². The molecule has 3 nitrogen and oxygen atoms in total. The van der Waals surface area contributed by atoms with Gasteiger partial charge in [-0.15, -0.1) is 0 Å². The van der Waals surface area contributed by atoms with Gasteiger partial charge >= 0.3 is 0 Å². The monoisotopic (exact) mass is 349 g/mol. The van der Waals surface area contributed by atoms with Gasteiger partial charge in [-0.05, 0) is 25.1 Å². The van der Waals surface area contributed by atoms with Crippen LogP contribution in [0.2, 0.25) is 0 Å². The van der Waals surface area contributed by atoms with Crippen LogP contribution in [0, 0.1) is 0 Å². The lowest BCUT2D eigenvalue weighted by Gasteiger charge is -2.11. The Labute approximate surface area is 112 Å². The van der Waals surface area contributed by atoms with E-state index in [4.69, 9.17) is 4.74 Å². The molecule has 1 N–H and O–H groups in total. The van der Waals surface area contributed by atoms with E-state index in [1.807, 2.05) is 13.0 Å². The second-order valence-electron chi connectivity index (χ2n) is 3.41. The van der Waals surface area contributed by atoms with Crippen molar-refractivity contribution in [2.45, 2.75) is 13.0 Å². The van der Waals surface area contributed by atoms with Gasteiger partial charge in [0.15, 0.2) is 0 Å². The molecule has 0 saturated carbocycles. The molecule has 0 radical (unpaired) electrons. The van der Waals surface area contributed by atoms with Crippen molar-refractivity contribution < 1.29 is 9.53 Å². The number of rotatable bonds is 4. The summed E-state index contributed by atoms with van der Waals surface area (Å²) < 4.78 is 6.79. The highest BCUT2D eigenvalue weighted by molar-refractivity contribution is 9.11. The van der Waals surface area contributed by atoms with E-state index in [1.165, 1.54) is 0 Å². The number of methoxy groups -OCH3 is 1. The number of benzene rings is 1. The minimum absolute atomic E-state index is 0.0135. The average Bonchev–Trinajstić information content (AvgIpc) is 2.23. The van der Waals surface area contributed by atoms with Gasteiger partial charge in [-0.25, -0.2) is 0 Å². The van der Waals surface area contributed by atoms with Crippen molar-refractivity contribution in [3.05, 3.63) is 32.7 Å². The maximum atomic E-state index is 11.8. The van der Waals surface area contributed by atoms with Gasteiger partial charge in [-0.1, -0.05) is 31.9 Å². The molecule has 0 aromatic heterocycles. The number of hydrogen-bond acceptors (Lipinski definition) is 2. The lowest BCUT2D eigenvalue weighted by atomic mass is 10.2. The first-order valence-electron chi connectivity index (χ1n) is 4.80. The van der Waals surface area contributed by atoms with Crippen molar-refractivity contribution in [2.24, 2.45) is 0 Å². The first kappa shape index (κ1) is 13.7. The molecule has 1 atom stereocenters. The quantitative estimate of drug-likeness (QED) is 0.906. The third-order valence-electron chi connectivity index (χ3n) is 2.08. The fourth-order valence-electron chi connectivity index (χ4n) is 1.11. The standard InChI is InChI=1S/C11H13Br2NO2/c1-7(16-2)6-14-11(15)8-3-9(12)5-10(13)4-8/h3-5,7H,6H2,1-2H3,(H,14,15). The van der Waals surface area contributed by atoms with Crippen molar-refractivity contribution in [1.29, 1.82) is 0 Å². The van der Waals surface area contributed by atoms with E-state index in [-0.39, 0.29) is 12.0 Å². The largest absolute Gasteiger partial charge is 0.380 e. The number of hydrogen-bond donors (Lipinski definition) is 1. The van der Waals surface area contributed by atoms with Crippen molar-refractivity contribution in [3.8, 4) is 0 Å². The number of carbonyl (C=O) groups excluding carboxylic acids is 1. The predicted molar refractivity (Wildman–Crippen MR) is 70.6 cm³/mol. The van der Waals surface area contributed by atoms with Gasteiger partial charge in [0, 0.05) is 28.2 Å². The molecule has 88 valence electrons. The lowest BCUT2D eigenvalue weighted by molar-refractivity contribution is 0.0870. The highest BCUT2D eigenvalue weighted by atomic mass is 79.9. The number of halogens is 2. The van der Waals surface area contributed by atoms with Crippen LogP contribution in [0.25, 0.3) is 0 Å². The summed E-state index contributed by atoms with van der Waals surface area (Å²) in [4.78, 5) is 11.8. The summed E-state index contributed by atoms with van der Waals surface area (Å²) in [7, 11) is 1.62. The molecule has 0 aliphatic carbocycles. The van der Waals surface area contributed by atoms with Gasteiger partial charge in [0.1, 0.15) is 0 Å². The molecule has 1 aromatic carbocycles. The Hall–Kier alpha value is -0.390. The van der Waals surface area contributed by atoms with Crippen molar-refractivity contribution in [1.82, 2.24) is 5.32 Å². The maximum absolute atomic E-state index is 11.8. The van der Waals surface area contributed by atoms with Crippen LogP contribution in [0.5, 0.6) is 0 Å². The van der Waals surface area contributed by atoms with Crippen LogP contribution in [0.1, 0.15) is 17.3 Å². The van der Waals surface area contributed by atoms with E-state index < -0.39 is 0 Å². The molecular weight excluding hydrogens is 338 g/mol. The number of amides is 1. The summed E-state index contributed by atoms with van der Waals surface area (Å²) >= 11 is 6.68. The highest BCUT2D eigenvalue weighted by Crippen LogP contribution is 2.19. The van der Waals surface area contributed by atoms with Crippen LogP contribution in [0.15, 0.2) is 27.1 Å². The Morgan fingerprint density at radius 3 is 2.44 bits per heavy atom. The van der Waals surface area contributed by atoms with Crippen molar-refractivity contribution >= 4 is 37.8 Å². The second kappa shape index (κ2) is 6.37. The van der Waals surface area contributed by atoms with E-state index in [9.17, 15) is 4.79 Å². The zero-order valence-electron chi connectivity index (χ0n) is 9.09. The molecule has 1 rings (SSSR count). The zero-order valence-corrected chi connectivity index (χ0v) is 12.3. The van der Waals surface area contributed by atoms with Gasteiger partial charge in [0.25, 0.3) is 5.91 Å². The Morgan fingerprint density at radius 1 is 1.38 bits per heavy atom. The van der Waals surface area contributed by atoms with Gasteiger partial charge in [0.2, 0.25) is 0 Å². The topological polar surface area (TPSA) is 38.3 Å². The Balaban J connectivity index is 2.66. The molecule has 0 saturated heterocycles. The Morgan fingerprint density at radius 2 is 1.94 bits per heavy atom. The summed E-state index contributed by atoms with van der Waals surface area (Å²) in [6, 6.07) is 5.43. The first-order valence-corrected chi connectivity index (χ1v) is 6.38. The Bertz CT molecular complexity index is 362. The maximum Gasteiger partial charge on any atom is 0.251 e. The van der Waals surface area contributed by atoms with E-state index in [0.717, 1.165) is 8.95 Å². The van der Waals surface area contributed by atoms with Crippen LogP contribution in [0.3, 0.4) is 0 Å². The summed E-state index contributed by atoms with van der Waals surface area (Å²) in [5.41, 5.74) is 0.615. The fraction of sp³-hybridized carbons (Fsp3) is 0.364. The van der Waals surface area contributed by atoms with E-state index in [2.05, 4.69) is 37.2 Å². The van der Waals surface area contributed by atoms with E-state index in [0.29, 0.717) is 12.1 Å². The molecule has 0 aliphatic rings. The van der Waals surface area contributed by atoms with Crippen LogP contribution in [-0.4, -0.2) is 25.7 Å². The summed E-state index contributed by atoms with van der Waals surface area (Å²) in [6.07, 6.45) is 0.0135. The van der Waals surface area contributed by atoms with Crippen LogP contribution < -0.4 is 5.32 Å². The molecule has 0 fully saturated rings. The molecule has 0 spiro atoms. The summed E-state index contributed by atoms with van der Waals surface area (Å²) in [5.74, 6) is -0.106. The first-order chi connectivity index (χ1) is 7.52. The second-order valence-corrected chi connectivity index (χ2v) is 5.25. The number of nitrogens with one attached hydrogen (secondary N) is 1. The van der Waals surface area contributed by atoms with E-state index >= 15 is 0 Å². The van der Waals surface area contributed by atoms with E-state index in [1.54, 1.807) is 19.2 Å². The molecule has 1 amide bonds. The molecule has 1 aromatic rings. The number of carbonyl (C=O) groups is 1. The molecule has 16 heavy (non-hydrogen) atoms. The SMILES string of the molecule is COC(C)CNC(=O)c1cc(Br)cc(Br)c1. The predicted octanol–water partition coefficient (Wildman–Crippen LogP) is 2.98. The zero-order chi connectivity index (χ0) is 12.1. The molecule has 0 aliphatic heterocycles. The summed E-state index contributed by atoms with van der Waals surface area (Å²) in [5, 5.41) is 2.80. The highest BCUT2D eigenvalue weighted by Gasteiger charge is 2.08. The minimum Gasteiger partial charge on any atom is -0.380 e. The third kappa shape index (κ3) is 4.23. The molecule has 5 heteroatoms. The van der Waals surface area contributed by atoms with Gasteiger partial charge in [-0.3, -0.25) is 4.79 Å². The van der Waals surface area contributed by atoms with Gasteiger partial charge in [0.05, 0.1) is 6.10 Å². The normalized spacial score (nSPS) is 12.2. The van der Waals surface area contributed by atoms with Crippen molar-refractivity contribution in [2.75, 3.05) is 13.7 Å². The van der Waals surface area contributed by atoms with Crippen LogP contribution >= 0.6 is 31.9 Å². The van der Waals surface area contributed by atoms with Gasteiger partial charge < -0.3 is 10.1 Å². The molecular formula is C11H13Br2NO2. The Kier molecular flexibility index (Phi) is 5.44.